The van der Waals surface area contributed by atoms with Gasteiger partial charge in [0.25, 0.3) is 0 Å². The van der Waals surface area contributed by atoms with Crippen molar-refractivity contribution in [1.82, 2.24) is 4.90 Å². The molecule has 2 aliphatic rings. The summed E-state index contributed by atoms with van der Waals surface area (Å²) in [5.74, 6) is 0. The molecule has 4 rings (SSSR count). The van der Waals surface area contributed by atoms with E-state index in [1.165, 1.54) is 87.6 Å². The van der Waals surface area contributed by atoms with Crippen LogP contribution in [-0.2, 0) is 4.74 Å². The SMILES string of the molecule is c1cc(C(=C2CCN(CCOC3CCCCCCC3)CC2)c2ccsc2)cs1. The summed E-state index contributed by atoms with van der Waals surface area (Å²) >= 11 is 3.60. The molecule has 0 atom stereocenters. The molecule has 0 spiro atoms. The van der Waals surface area contributed by atoms with Crippen LogP contribution in [0.25, 0.3) is 5.57 Å². The fourth-order valence-electron chi connectivity index (χ4n) is 4.62. The second-order valence-corrected chi connectivity index (χ2v) is 9.74. The highest BCUT2D eigenvalue weighted by molar-refractivity contribution is 7.08. The van der Waals surface area contributed by atoms with Crippen LogP contribution in [0.2, 0.25) is 0 Å². The topological polar surface area (TPSA) is 12.5 Å². The van der Waals surface area contributed by atoms with Crippen LogP contribution in [0.3, 0.4) is 0 Å². The molecule has 2 aromatic rings. The first-order valence-corrected chi connectivity index (χ1v) is 12.9. The quantitative estimate of drug-likeness (QED) is 0.512. The number of nitrogens with zero attached hydrogens (tertiary/aromatic N) is 1. The van der Waals surface area contributed by atoms with Crippen LogP contribution in [0.15, 0.2) is 39.2 Å². The largest absolute Gasteiger partial charge is 0.377 e. The number of thiophene rings is 2. The van der Waals surface area contributed by atoms with Crippen molar-refractivity contribution in [3.8, 4) is 0 Å². The lowest BCUT2D eigenvalue weighted by Crippen LogP contribution is -2.34. The average Bonchev–Trinajstić information content (AvgIpc) is 3.40. The number of hydrogen-bond acceptors (Lipinski definition) is 4. The minimum atomic E-state index is 0.518. The van der Waals surface area contributed by atoms with Gasteiger partial charge in [0.2, 0.25) is 0 Å². The highest BCUT2D eigenvalue weighted by Crippen LogP contribution is 2.34. The molecule has 1 aliphatic carbocycles. The lowest BCUT2D eigenvalue weighted by molar-refractivity contribution is 0.0214. The Morgan fingerprint density at radius 3 is 2.07 bits per heavy atom. The van der Waals surface area contributed by atoms with E-state index in [-0.39, 0.29) is 0 Å². The molecule has 0 amide bonds. The van der Waals surface area contributed by atoms with Crippen LogP contribution < -0.4 is 0 Å². The third-order valence-electron chi connectivity index (χ3n) is 6.25. The number of likely N-dealkylation sites (tertiary alicyclic amines) is 1. The summed E-state index contributed by atoms with van der Waals surface area (Å²) in [5.41, 5.74) is 5.93. The predicted octanol–water partition coefficient (Wildman–Crippen LogP) is 6.84. The van der Waals surface area contributed by atoms with Crippen molar-refractivity contribution in [3.05, 3.63) is 50.4 Å². The molecule has 0 radical (unpaired) electrons. The highest BCUT2D eigenvalue weighted by Gasteiger charge is 2.20. The van der Waals surface area contributed by atoms with Crippen LogP contribution in [0, 0.1) is 0 Å². The van der Waals surface area contributed by atoms with Crippen LogP contribution in [0.4, 0.5) is 0 Å². The van der Waals surface area contributed by atoms with Gasteiger partial charge in [0.15, 0.2) is 0 Å². The Balaban J connectivity index is 1.29. The van der Waals surface area contributed by atoms with Crippen molar-refractivity contribution in [1.29, 1.82) is 0 Å². The van der Waals surface area contributed by atoms with Gasteiger partial charge in [-0.2, -0.15) is 22.7 Å². The van der Waals surface area contributed by atoms with E-state index in [9.17, 15) is 0 Å². The molecule has 2 nitrogen and oxygen atoms in total. The minimum Gasteiger partial charge on any atom is -0.377 e. The Labute approximate surface area is 178 Å². The molecule has 1 saturated heterocycles. The molecule has 0 aromatic carbocycles. The second-order valence-electron chi connectivity index (χ2n) is 8.18. The highest BCUT2D eigenvalue weighted by atomic mass is 32.1. The Kier molecular flexibility index (Phi) is 7.79. The lowest BCUT2D eigenvalue weighted by Gasteiger charge is -2.30. The molecule has 1 saturated carbocycles. The first-order valence-electron chi connectivity index (χ1n) is 11.0. The number of piperidine rings is 1. The first kappa shape index (κ1) is 20.3. The maximum atomic E-state index is 6.26. The summed E-state index contributed by atoms with van der Waals surface area (Å²) in [6.07, 6.45) is 12.4. The second kappa shape index (κ2) is 10.7. The molecular formula is C24H33NOS2. The van der Waals surface area contributed by atoms with Gasteiger partial charge in [-0.1, -0.05) is 37.7 Å². The number of hydrogen-bond donors (Lipinski definition) is 0. The van der Waals surface area contributed by atoms with Gasteiger partial charge >= 0.3 is 0 Å². The zero-order chi connectivity index (χ0) is 19.0. The van der Waals surface area contributed by atoms with Crippen LogP contribution in [0.5, 0.6) is 0 Å². The van der Waals surface area contributed by atoms with E-state index in [1.54, 1.807) is 28.2 Å². The van der Waals surface area contributed by atoms with Gasteiger partial charge in [0.1, 0.15) is 0 Å². The molecule has 152 valence electrons. The monoisotopic (exact) mass is 415 g/mol. The van der Waals surface area contributed by atoms with Crippen molar-refractivity contribution in [2.75, 3.05) is 26.2 Å². The molecule has 0 unspecified atom stereocenters. The Bertz CT molecular complexity index is 666. The fraction of sp³-hybridized carbons (Fsp3) is 0.583. The molecule has 2 aromatic heterocycles. The number of ether oxygens (including phenoxy) is 1. The summed E-state index contributed by atoms with van der Waals surface area (Å²) in [6, 6.07) is 4.56. The fourth-order valence-corrected chi connectivity index (χ4v) is 5.91. The maximum Gasteiger partial charge on any atom is 0.0597 e. The molecule has 28 heavy (non-hydrogen) atoms. The van der Waals surface area contributed by atoms with Crippen molar-refractivity contribution < 1.29 is 4.74 Å². The maximum absolute atomic E-state index is 6.26. The summed E-state index contributed by atoms with van der Waals surface area (Å²) in [4.78, 5) is 2.60. The van der Waals surface area contributed by atoms with E-state index >= 15 is 0 Å². The average molecular weight is 416 g/mol. The van der Waals surface area contributed by atoms with E-state index in [2.05, 4.69) is 38.6 Å². The summed E-state index contributed by atoms with van der Waals surface area (Å²) in [5, 5.41) is 9.00. The molecular weight excluding hydrogens is 382 g/mol. The molecule has 3 heterocycles. The molecule has 2 fully saturated rings. The van der Waals surface area contributed by atoms with Gasteiger partial charge in [-0.3, -0.25) is 0 Å². The van der Waals surface area contributed by atoms with E-state index in [4.69, 9.17) is 4.74 Å². The third-order valence-corrected chi connectivity index (χ3v) is 7.61. The lowest BCUT2D eigenvalue weighted by atomic mass is 9.91. The standard InChI is InChI=1S/C24H33NOS2/c1-2-4-6-23(7-5-3-1)26-15-14-25-12-8-20(9-13-25)24(21-10-16-27-18-21)22-11-17-28-19-22/h10-11,16-19,23H,1-9,12-15H2. The molecule has 1 aliphatic heterocycles. The molecule has 4 heteroatoms. The normalized spacial score (nSPS) is 20.1. The Morgan fingerprint density at radius 1 is 0.893 bits per heavy atom. The Hall–Kier alpha value is -0.940. The third kappa shape index (κ3) is 5.56. The Morgan fingerprint density at radius 2 is 1.50 bits per heavy atom. The zero-order valence-electron chi connectivity index (χ0n) is 16.9. The zero-order valence-corrected chi connectivity index (χ0v) is 18.5. The predicted molar refractivity (Wildman–Crippen MR) is 122 cm³/mol. The number of rotatable bonds is 6. The minimum absolute atomic E-state index is 0.518. The van der Waals surface area contributed by atoms with E-state index in [0.717, 1.165) is 13.2 Å². The summed E-state index contributed by atoms with van der Waals surface area (Å²) in [7, 11) is 0. The van der Waals surface area contributed by atoms with Crippen molar-refractivity contribution in [2.24, 2.45) is 0 Å². The van der Waals surface area contributed by atoms with Crippen molar-refractivity contribution in [3.63, 3.8) is 0 Å². The van der Waals surface area contributed by atoms with Crippen LogP contribution in [0.1, 0.15) is 68.9 Å². The summed E-state index contributed by atoms with van der Waals surface area (Å²) in [6.45, 7) is 4.34. The van der Waals surface area contributed by atoms with Crippen molar-refractivity contribution >= 4 is 28.2 Å². The van der Waals surface area contributed by atoms with Gasteiger partial charge < -0.3 is 9.64 Å². The summed E-state index contributed by atoms with van der Waals surface area (Å²) < 4.78 is 6.26. The molecule has 0 bridgehead atoms. The van der Waals surface area contributed by atoms with Crippen LogP contribution >= 0.6 is 22.7 Å². The van der Waals surface area contributed by atoms with Gasteiger partial charge in [0.05, 0.1) is 12.7 Å². The van der Waals surface area contributed by atoms with Crippen molar-refractivity contribution in [2.45, 2.75) is 63.9 Å². The van der Waals surface area contributed by atoms with E-state index in [0.29, 0.717) is 6.10 Å². The first-order chi connectivity index (χ1) is 13.9. The van der Waals surface area contributed by atoms with E-state index < -0.39 is 0 Å². The van der Waals surface area contributed by atoms with Gasteiger partial charge in [0, 0.05) is 19.6 Å². The van der Waals surface area contributed by atoms with Gasteiger partial charge in [-0.15, -0.1) is 0 Å². The van der Waals surface area contributed by atoms with Gasteiger partial charge in [-0.25, -0.2) is 0 Å². The van der Waals surface area contributed by atoms with Gasteiger partial charge in [-0.05, 0) is 76.0 Å². The van der Waals surface area contributed by atoms with E-state index in [1.807, 2.05) is 0 Å². The van der Waals surface area contributed by atoms with Crippen LogP contribution in [-0.4, -0.2) is 37.2 Å². The molecule has 0 N–H and O–H groups in total. The smallest absolute Gasteiger partial charge is 0.0597 e.